The average Bonchev–Trinajstić information content (AvgIpc) is 2.46. The zero-order chi connectivity index (χ0) is 14.5. The highest BCUT2D eigenvalue weighted by Crippen LogP contribution is 2.24. The van der Waals surface area contributed by atoms with Crippen molar-refractivity contribution in [1.82, 2.24) is 0 Å². The smallest absolute Gasteiger partial charge is 0.234 e. The molecular formula is C16H18N2O2. The van der Waals surface area contributed by atoms with Crippen LogP contribution in [0.2, 0.25) is 0 Å². The lowest BCUT2D eigenvalue weighted by molar-refractivity contribution is -0.521. The van der Waals surface area contributed by atoms with E-state index in [1.807, 2.05) is 61.5 Å². The van der Waals surface area contributed by atoms with E-state index in [1.165, 1.54) is 0 Å². The van der Waals surface area contributed by atoms with Gasteiger partial charge in [-0.1, -0.05) is 48.0 Å². The van der Waals surface area contributed by atoms with E-state index in [1.54, 1.807) is 6.92 Å². The van der Waals surface area contributed by atoms with Gasteiger partial charge in [0.25, 0.3) is 0 Å². The first-order valence-corrected chi connectivity index (χ1v) is 6.59. The lowest BCUT2D eigenvalue weighted by Crippen LogP contribution is -2.29. The monoisotopic (exact) mass is 270 g/mol. The molecule has 0 aliphatic carbocycles. The van der Waals surface area contributed by atoms with Gasteiger partial charge in [0.15, 0.2) is 0 Å². The van der Waals surface area contributed by atoms with E-state index in [4.69, 9.17) is 0 Å². The first-order chi connectivity index (χ1) is 9.58. The third kappa shape index (κ3) is 3.35. The standard InChI is InChI=1S/C16H18N2O2/c1-12-8-10-14(11-9-12)16(13(2)18(19)20)17-15-6-4-3-5-7-15/h3-11,13,16-17H,1-2H3/t13-,16+/m0/s1. The van der Waals surface area contributed by atoms with Gasteiger partial charge in [-0.15, -0.1) is 0 Å². The minimum Gasteiger partial charge on any atom is -0.372 e. The Bertz CT molecular complexity index is 567. The minimum atomic E-state index is -0.710. The van der Waals surface area contributed by atoms with E-state index < -0.39 is 6.04 Å². The fourth-order valence-corrected chi connectivity index (χ4v) is 2.09. The molecule has 0 aliphatic rings. The maximum Gasteiger partial charge on any atom is 0.234 e. The summed E-state index contributed by atoms with van der Waals surface area (Å²) >= 11 is 0. The Morgan fingerprint density at radius 1 is 1.05 bits per heavy atom. The van der Waals surface area contributed by atoms with Crippen LogP contribution in [0.15, 0.2) is 54.6 Å². The van der Waals surface area contributed by atoms with Crippen molar-refractivity contribution in [1.29, 1.82) is 0 Å². The quantitative estimate of drug-likeness (QED) is 0.664. The van der Waals surface area contributed by atoms with Gasteiger partial charge in [0, 0.05) is 17.5 Å². The summed E-state index contributed by atoms with van der Waals surface area (Å²) in [5, 5.41) is 14.4. The van der Waals surface area contributed by atoms with Gasteiger partial charge in [0.1, 0.15) is 6.04 Å². The van der Waals surface area contributed by atoms with Crippen LogP contribution in [0.4, 0.5) is 5.69 Å². The molecule has 0 saturated carbocycles. The van der Waals surface area contributed by atoms with Crippen molar-refractivity contribution >= 4 is 5.69 Å². The lowest BCUT2D eigenvalue weighted by Gasteiger charge is -2.21. The number of anilines is 1. The van der Waals surface area contributed by atoms with Crippen molar-refractivity contribution in [2.45, 2.75) is 25.9 Å². The number of nitrogens with one attached hydrogen (secondary N) is 1. The largest absolute Gasteiger partial charge is 0.372 e. The highest BCUT2D eigenvalue weighted by molar-refractivity contribution is 5.45. The second kappa shape index (κ2) is 6.19. The van der Waals surface area contributed by atoms with Crippen LogP contribution in [0.3, 0.4) is 0 Å². The number of nitro groups is 1. The van der Waals surface area contributed by atoms with Crippen molar-refractivity contribution in [3.63, 3.8) is 0 Å². The predicted molar refractivity (Wildman–Crippen MR) is 80.4 cm³/mol. The van der Waals surface area contributed by atoms with Crippen molar-refractivity contribution in [2.24, 2.45) is 0 Å². The number of hydrogen-bond donors (Lipinski definition) is 1. The van der Waals surface area contributed by atoms with Crippen LogP contribution < -0.4 is 5.32 Å². The molecule has 0 heterocycles. The van der Waals surface area contributed by atoms with Crippen LogP contribution >= 0.6 is 0 Å². The Morgan fingerprint density at radius 3 is 2.20 bits per heavy atom. The van der Waals surface area contributed by atoms with Gasteiger partial charge in [-0.3, -0.25) is 10.1 Å². The van der Waals surface area contributed by atoms with E-state index >= 15 is 0 Å². The van der Waals surface area contributed by atoms with Gasteiger partial charge < -0.3 is 5.32 Å². The van der Waals surface area contributed by atoms with Gasteiger partial charge >= 0.3 is 0 Å². The first kappa shape index (κ1) is 14.1. The molecule has 1 N–H and O–H groups in total. The molecule has 0 spiro atoms. The second-order valence-corrected chi connectivity index (χ2v) is 4.92. The van der Waals surface area contributed by atoms with Crippen LogP contribution in [0.1, 0.15) is 24.1 Å². The van der Waals surface area contributed by atoms with Gasteiger partial charge in [0.05, 0.1) is 0 Å². The molecule has 2 aromatic carbocycles. The summed E-state index contributed by atoms with van der Waals surface area (Å²) < 4.78 is 0. The van der Waals surface area contributed by atoms with Crippen LogP contribution in [-0.2, 0) is 0 Å². The fourth-order valence-electron chi connectivity index (χ4n) is 2.09. The van der Waals surface area contributed by atoms with E-state index in [9.17, 15) is 10.1 Å². The van der Waals surface area contributed by atoms with Gasteiger partial charge in [0.2, 0.25) is 6.04 Å². The Balaban J connectivity index is 2.29. The van der Waals surface area contributed by atoms with Crippen LogP contribution in [0.25, 0.3) is 0 Å². The number of para-hydroxylation sites is 1. The molecule has 104 valence electrons. The van der Waals surface area contributed by atoms with E-state index in [-0.39, 0.29) is 11.0 Å². The van der Waals surface area contributed by atoms with Gasteiger partial charge in [-0.2, -0.15) is 0 Å². The number of benzene rings is 2. The van der Waals surface area contributed by atoms with Gasteiger partial charge in [-0.25, -0.2) is 0 Å². The molecule has 4 heteroatoms. The molecule has 0 saturated heterocycles. The summed E-state index contributed by atoms with van der Waals surface area (Å²) in [6.07, 6.45) is 0. The third-order valence-corrected chi connectivity index (χ3v) is 3.35. The summed E-state index contributed by atoms with van der Waals surface area (Å²) in [5.74, 6) is 0. The molecule has 0 fully saturated rings. The summed E-state index contributed by atoms with van der Waals surface area (Å²) in [4.78, 5) is 10.9. The summed E-state index contributed by atoms with van der Waals surface area (Å²) in [7, 11) is 0. The Labute approximate surface area is 118 Å². The summed E-state index contributed by atoms with van der Waals surface area (Å²) in [6.45, 7) is 3.63. The molecule has 2 rings (SSSR count). The molecule has 0 unspecified atom stereocenters. The third-order valence-electron chi connectivity index (χ3n) is 3.35. The maximum absolute atomic E-state index is 11.1. The molecule has 0 aromatic heterocycles. The Hall–Kier alpha value is -2.36. The second-order valence-electron chi connectivity index (χ2n) is 4.92. The summed E-state index contributed by atoms with van der Waals surface area (Å²) in [6, 6.07) is 16.3. The Morgan fingerprint density at radius 2 is 1.65 bits per heavy atom. The highest BCUT2D eigenvalue weighted by Gasteiger charge is 2.27. The van der Waals surface area contributed by atoms with Crippen molar-refractivity contribution in [2.75, 3.05) is 5.32 Å². The SMILES string of the molecule is Cc1ccc([C@H](Nc2ccccc2)[C@H](C)[N+](=O)[O-])cc1. The van der Waals surface area contributed by atoms with E-state index in [2.05, 4.69) is 5.32 Å². The van der Waals surface area contributed by atoms with E-state index in [0.29, 0.717) is 0 Å². The number of hydrogen-bond acceptors (Lipinski definition) is 3. The number of aryl methyl sites for hydroxylation is 1. The maximum atomic E-state index is 11.1. The van der Waals surface area contributed by atoms with Crippen LogP contribution in [0.5, 0.6) is 0 Å². The number of rotatable bonds is 5. The molecule has 20 heavy (non-hydrogen) atoms. The van der Waals surface area contributed by atoms with Crippen LogP contribution in [0, 0.1) is 17.0 Å². The molecular weight excluding hydrogens is 252 g/mol. The molecule has 0 aliphatic heterocycles. The van der Waals surface area contributed by atoms with Crippen molar-refractivity contribution in [3.05, 3.63) is 75.8 Å². The Kier molecular flexibility index (Phi) is 4.35. The average molecular weight is 270 g/mol. The van der Waals surface area contributed by atoms with Gasteiger partial charge in [-0.05, 0) is 24.6 Å². The topological polar surface area (TPSA) is 55.2 Å². The van der Waals surface area contributed by atoms with Crippen LogP contribution in [-0.4, -0.2) is 11.0 Å². The van der Waals surface area contributed by atoms with E-state index in [0.717, 1.165) is 16.8 Å². The van der Waals surface area contributed by atoms with Crippen molar-refractivity contribution in [3.8, 4) is 0 Å². The zero-order valence-corrected chi connectivity index (χ0v) is 11.6. The highest BCUT2D eigenvalue weighted by atomic mass is 16.6. The molecule has 2 atom stereocenters. The molecule has 2 aromatic rings. The predicted octanol–water partition coefficient (Wildman–Crippen LogP) is 3.81. The molecule has 4 nitrogen and oxygen atoms in total. The lowest BCUT2D eigenvalue weighted by atomic mass is 9.99. The molecule has 0 amide bonds. The number of nitrogens with zero attached hydrogens (tertiary/aromatic N) is 1. The normalized spacial score (nSPS) is 13.5. The first-order valence-electron chi connectivity index (χ1n) is 6.59. The minimum absolute atomic E-state index is 0.250. The molecule has 0 radical (unpaired) electrons. The zero-order valence-electron chi connectivity index (χ0n) is 11.6. The summed E-state index contributed by atoms with van der Waals surface area (Å²) in [5.41, 5.74) is 2.94. The van der Waals surface area contributed by atoms with Crippen molar-refractivity contribution < 1.29 is 4.92 Å². The molecule has 0 bridgehead atoms. The fraction of sp³-hybridized carbons (Fsp3) is 0.250.